The molecule has 128 valence electrons. The smallest absolute Gasteiger partial charge is 0.251 e. The Morgan fingerprint density at radius 2 is 1.79 bits per heavy atom. The molecule has 0 unspecified atom stereocenters. The molecule has 1 N–H and O–H groups in total. The number of hydrogen-bond donors (Lipinski definition) is 1. The van der Waals surface area contributed by atoms with E-state index >= 15 is 0 Å². The van der Waals surface area contributed by atoms with Crippen molar-refractivity contribution in [3.8, 4) is 0 Å². The van der Waals surface area contributed by atoms with Crippen molar-refractivity contribution in [2.24, 2.45) is 0 Å². The number of rotatable bonds is 9. The Bertz CT molecular complexity index is 622. The lowest BCUT2D eigenvalue weighted by molar-refractivity contribution is 0.0954. The zero-order valence-corrected chi connectivity index (χ0v) is 14.7. The van der Waals surface area contributed by atoms with Gasteiger partial charge < -0.3 is 10.2 Å². The van der Waals surface area contributed by atoms with Gasteiger partial charge in [0.05, 0.1) is 0 Å². The maximum absolute atomic E-state index is 12.4. The van der Waals surface area contributed by atoms with Crippen molar-refractivity contribution in [3.63, 3.8) is 0 Å². The van der Waals surface area contributed by atoms with Crippen LogP contribution in [0.4, 0.5) is 5.82 Å². The van der Waals surface area contributed by atoms with Crippen LogP contribution in [0.3, 0.4) is 0 Å². The number of carbonyl (C=O) groups is 1. The third-order valence-corrected chi connectivity index (χ3v) is 3.86. The summed E-state index contributed by atoms with van der Waals surface area (Å²) < 4.78 is 0. The molecule has 0 bridgehead atoms. The molecule has 0 aliphatic heterocycles. The maximum atomic E-state index is 12.4. The van der Waals surface area contributed by atoms with E-state index in [-0.39, 0.29) is 5.91 Å². The fourth-order valence-corrected chi connectivity index (χ4v) is 2.68. The number of nitrogens with one attached hydrogen (secondary N) is 1. The molecule has 0 saturated carbocycles. The molecule has 4 nitrogen and oxygen atoms in total. The van der Waals surface area contributed by atoms with E-state index in [1.807, 2.05) is 24.3 Å². The molecule has 24 heavy (non-hydrogen) atoms. The molecule has 0 aliphatic carbocycles. The van der Waals surface area contributed by atoms with E-state index in [0.29, 0.717) is 12.1 Å². The van der Waals surface area contributed by atoms with Crippen molar-refractivity contribution < 1.29 is 4.79 Å². The van der Waals surface area contributed by atoms with Crippen LogP contribution < -0.4 is 10.2 Å². The summed E-state index contributed by atoms with van der Waals surface area (Å²) in [5, 5.41) is 2.99. The van der Waals surface area contributed by atoms with E-state index < -0.39 is 0 Å². The highest BCUT2D eigenvalue weighted by Gasteiger charge is 2.10. The summed E-state index contributed by atoms with van der Waals surface area (Å²) in [6, 6.07) is 13.8. The molecule has 1 heterocycles. The zero-order chi connectivity index (χ0) is 17.2. The number of amides is 1. The molecule has 0 atom stereocenters. The zero-order valence-electron chi connectivity index (χ0n) is 14.7. The third-order valence-electron chi connectivity index (χ3n) is 3.86. The van der Waals surface area contributed by atoms with Gasteiger partial charge in [-0.05, 0) is 37.0 Å². The van der Waals surface area contributed by atoms with Crippen molar-refractivity contribution >= 4 is 11.7 Å². The van der Waals surface area contributed by atoms with Gasteiger partial charge in [-0.3, -0.25) is 4.79 Å². The van der Waals surface area contributed by atoms with E-state index in [4.69, 9.17) is 0 Å². The average Bonchev–Trinajstić information content (AvgIpc) is 2.62. The predicted molar refractivity (Wildman–Crippen MR) is 99.5 cm³/mol. The minimum Gasteiger partial charge on any atom is -0.357 e. The van der Waals surface area contributed by atoms with Gasteiger partial charge in [0.2, 0.25) is 0 Å². The van der Waals surface area contributed by atoms with Crippen LogP contribution in [0.2, 0.25) is 0 Å². The van der Waals surface area contributed by atoms with Gasteiger partial charge in [0.25, 0.3) is 5.91 Å². The average molecular weight is 325 g/mol. The summed E-state index contributed by atoms with van der Waals surface area (Å²) >= 11 is 0. The van der Waals surface area contributed by atoms with Crippen LogP contribution in [0.5, 0.6) is 0 Å². The van der Waals surface area contributed by atoms with Crippen molar-refractivity contribution in [3.05, 3.63) is 59.8 Å². The largest absolute Gasteiger partial charge is 0.357 e. The topological polar surface area (TPSA) is 45.2 Å². The normalized spacial score (nSPS) is 10.4. The number of nitrogens with zero attached hydrogens (tertiary/aromatic N) is 2. The van der Waals surface area contributed by atoms with E-state index in [2.05, 4.69) is 41.2 Å². The van der Waals surface area contributed by atoms with E-state index in [1.54, 1.807) is 12.3 Å². The highest BCUT2D eigenvalue weighted by Crippen LogP contribution is 2.14. The highest BCUT2D eigenvalue weighted by molar-refractivity contribution is 5.94. The van der Waals surface area contributed by atoms with Gasteiger partial charge in [-0.2, -0.15) is 0 Å². The lowest BCUT2D eigenvalue weighted by atomic mass is 10.1. The SMILES string of the molecule is CCCN(CCC)c1cc(C(=O)NCCc2ccccc2)ccn1. The molecule has 1 amide bonds. The molecular formula is C20H27N3O. The first kappa shape index (κ1) is 18.0. The molecule has 2 aromatic rings. The second-order valence-electron chi connectivity index (χ2n) is 5.88. The summed E-state index contributed by atoms with van der Waals surface area (Å²) in [6.07, 6.45) is 4.69. The standard InChI is InChI=1S/C20H27N3O/c1-3-14-23(15-4-2)19-16-18(11-13-21-19)20(24)22-12-10-17-8-6-5-7-9-17/h5-9,11,13,16H,3-4,10,12,14-15H2,1-2H3,(H,22,24). The summed E-state index contributed by atoms with van der Waals surface area (Å²) in [5.74, 6) is 0.844. The molecule has 0 radical (unpaired) electrons. The molecule has 2 rings (SSSR count). The minimum atomic E-state index is -0.0393. The number of pyridine rings is 1. The van der Waals surface area contributed by atoms with Gasteiger partial charge in [0, 0.05) is 31.4 Å². The van der Waals surface area contributed by atoms with Crippen molar-refractivity contribution in [2.45, 2.75) is 33.1 Å². The minimum absolute atomic E-state index is 0.0393. The Morgan fingerprint density at radius 1 is 1.08 bits per heavy atom. The quantitative estimate of drug-likeness (QED) is 0.765. The van der Waals surface area contributed by atoms with E-state index in [1.165, 1.54) is 5.56 Å². The molecule has 1 aromatic carbocycles. The molecule has 0 spiro atoms. The Labute approximate surface area is 144 Å². The van der Waals surface area contributed by atoms with Crippen molar-refractivity contribution in [1.82, 2.24) is 10.3 Å². The third kappa shape index (κ3) is 5.37. The van der Waals surface area contributed by atoms with Crippen LogP contribution in [0.15, 0.2) is 48.7 Å². The van der Waals surface area contributed by atoms with Gasteiger partial charge in [-0.1, -0.05) is 44.2 Å². The molecule has 0 saturated heterocycles. The Morgan fingerprint density at radius 3 is 2.46 bits per heavy atom. The van der Waals surface area contributed by atoms with Gasteiger partial charge in [0.1, 0.15) is 5.82 Å². The highest BCUT2D eigenvalue weighted by atomic mass is 16.1. The Kier molecular flexibility index (Phi) is 7.27. The summed E-state index contributed by atoms with van der Waals surface area (Å²) in [6.45, 7) is 6.86. The monoisotopic (exact) mass is 325 g/mol. The number of aromatic nitrogens is 1. The maximum Gasteiger partial charge on any atom is 0.251 e. The number of carbonyl (C=O) groups excluding carboxylic acids is 1. The predicted octanol–water partition coefficient (Wildman–Crippen LogP) is 3.68. The molecule has 0 fully saturated rings. The Hall–Kier alpha value is -2.36. The van der Waals surface area contributed by atoms with Gasteiger partial charge in [-0.25, -0.2) is 4.98 Å². The first-order valence-corrected chi connectivity index (χ1v) is 8.77. The summed E-state index contributed by atoms with van der Waals surface area (Å²) in [5.41, 5.74) is 1.90. The second-order valence-corrected chi connectivity index (χ2v) is 5.88. The van der Waals surface area contributed by atoms with Gasteiger partial charge >= 0.3 is 0 Å². The second kappa shape index (κ2) is 9.71. The lowest BCUT2D eigenvalue weighted by Gasteiger charge is -2.22. The van der Waals surface area contributed by atoms with Crippen LogP contribution in [-0.4, -0.2) is 30.5 Å². The van der Waals surface area contributed by atoms with Gasteiger partial charge in [-0.15, -0.1) is 0 Å². The molecule has 1 aromatic heterocycles. The van der Waals surface area contributed by atoms with Crippen molar-refractivity contribution in [2.75, 3.05) is 24.5 Å². The molecule has 4 heteroatoms. The Balaban J connectivity index is 1.95. The van der Waals surface area contributed by atoms with Crippen LogP contribution in [0.25, 0.3) is 0 Å². The first-order valence-electron chi connectivity index (χ1n) is 8.77. The van der Waals surface area contributed by atoms with Crippen LogP contribution >= 0.6 is 0 Å². The van der Waals surface area contributed by atoms with Gasteiger partial charge in [0.15, 0.2) is 0 Å². The van der Waals surface area contributed by atoms with Crippen molar-refractivity contribution in [1.29, 1.82) is 0 Å². The summed E-state index contributed by atoms with van der Waals surface area (Å²) in [7, 11) is 0. The number of anilines is 1. The van der Waals surface area contributed by atoms with Crippen LogP contribution in [-0.2, 0) is 6.42 Å². The fraction of sp³-hybridized carbons (Fsp3) is 0.400. The molecule has 0 aliphatic rings. The van der Waals surface area contributed by atoms with Crippen LogP contribution in [0.1, 0.15) is 42.6 Å². The fourth-order valence-electron chi connectivity index (χ4n) is 2.68. The van der Waals surface area contributed by atoms with Crippen LogP contribution in [0, 0.1) is 0 Å². The lowest BCUT2D eigenvalue weighted by Crippen LogP contribution is -2.28. The van der Waals surface area contributed by atoms with E-state index in [0.717, 1.165) is 38.2 Å². The summed E-state index contributed by atoms with van der Waals surface area (Å²) in [4.78, 5) is 19.0. The number of hydrogen-bond acceptors (Lipinski definition) is 3. The number of benzene rings is 1. The molecular weight excluding hydrogens is 298 g/mol. The van der Waals surface area contributed by atoms with E-state index in [9.17, 15) is 4.79 Å². The first-order chi connectivity index (χ1) is 11.7.